The maximum Gasteiger partial charge on any atom is 0.161 e. The standard InChI is InChI=1S/C15H11ClFN3O/c1-21-9-6-7-12(17)13(8-9)18-15-11-5-3-2-4-10(11)14(16)19-20-15/h2-8H,1H3,(H,18,20). The Balaban J connectivity index is 2.08. The van der Waals surface area contributed by atoms with Crippen LogP contribution in [0.3, 0.4) is 0 Å². The third-order valence-corrected chi connectivity index (χ3v) is 3.35. The van der Waals surface area contributed by atoms with Crippen LogP contribution in [0.25, 0.3) is 10.8 Å². The third-order valence-electron chi connectivity index (χ3n) is 3.07. The maximum absolute atomic E-state index is 13.9. The molecule has 1 N–H and O–H groups in total. The minimum Gasteiger partial charge on any atom is -0.497 e. The Morgan fingerprint density at radius 2 is 1.86 bits per heavy atom. The SMILES string of the molecule is COc1ccc(F)c(Nc2nnc(Cl)c3ccccc23)c1. The molecule has 6 heteroatoms. The van der Waals surface area contributed by atoms with Gasteiger partial charge in [-0.15, -0.1) is 10.2 Å². The molecule has 1 aromatic heterocycles. The predicted octanol–water partition coefficient (Wildman–Crippen LogP) is 4.17. The van der Waals surface area contributed by atoms with Crippen LogP contribution in [0.15, 0.2) is 42.5 Å². The first-order valence-corrected chi connectivity index (χ1v) is 6.58. The fourth-order valence-electron chi connectivity index (χ4n) is 2.02. The van der Waals surface area contributed by atoms with Crippen LogP contribution >= 0.6 is 11.6 Å². The van der Waals surface area contributed by atoms with Gasteiger partial charge in [-0.1, -0.05) is 35.9 Å². The molecule has 0 radical (unpaired) electrons. The van der Waals surface area contributed by atoms with Gasteiger partial charge in [0.15, 0.2) is 11.0 Å². The minimum absolute atomic E-state index is 0.260. The van der Waals surface area contributed by atoms with Crippen LogP contribution in [-0.2, 0) is 0 Å². The number of ether oxygens (including phenoxy) is 1. The summed E-state index contributed by atoms with van der Waals surface area (Å²) in [6, 6.07) is 11.8. The van der Waals surface area contributed by atoms with E-state index in [1.54, 1.807) is 12.1 Å². The number of halogens is 2. The van der Waals surface area contributed by atoms with E-state index in [-0.39, 0.29) is 5.69 Å². The Hall–Kier alpha value is -2.40. The summed E-state index contributed by atoms with van der Waals surface area (Å²) in [5.74, 6) is 0.573. The number of rotatable bonds is 3. The van der Waals surface area contributed by atoms with Crippen LogP contribution in [-0.4, -0.2) is 17.3 Å². The molecular weight excluding hydrogens is 293 g/mol. The smallest absolute Gasteiger partial charge is 0.161 e. The Kier molecular flexibility index (Phi) is 3.58. The first-order chi connectivity index (χ1) is 10.2. The van der Waals surface area contributed by atoms with Gasteiger partial charge in [-0.2, -0.15) is 0 Å². The molecule has 0 aliphatic heterocycles. The van der Waals surface area contributed by atoms with Crippen LogP contribution in [0.4, 0.5) is 15.9 Å². The molecule has 0 aliphatic carbocycles. The molecule has 2 aromatic carbocycles. The van der Waals surface area contributed by atoms with E-state index >= 15 is 0 Å². The lowest BCUT2D eigenvalue weighted by Gasteiger charge is -2.10. The second-order valence-electron chi connectivity index (χ2n) is 4.36. The number of methoxy groups -OCH3 is 1. The first kappa shape index (κ1) is 13.6. The summed E-state index contributed by atoms with van der Waals surface area (Å²) in [6.07, 6.45) is 0. The van der Waals surface area contributed by atoms with Crippen molar-refractivity contribution < 1.29 is 9.13 Å². The molecule has 0 saturated heterocycles. The summed E-state index contributed by atoms with van der Waals surface area (Å²) in [4.78, 5) is 0. The van der Waals surface area contributed by atoms with E-state index in [1.807, 2.05) is 24.3 Å². The fraction of sp³-hybridized carbons (Fsp3) is 0.0667. The average Bonchev–Trinajstić information content (AvgIpc) is 2.52. The highest BCUT2D eigenvalue weighted by molar-refractivity contribution is 6.34. The van der Waals surface area contributed by atoms with Crippen LogP contribution in [0.1, 0.15) is 0 Å². The molecule has 0 bridgehead atoms. The molecule has 21 heavy (non-hydrogen) atoms. The van der Waals surface area contributed by atoms with Crippen LogP contribution < -0.4 is 10.1 Å². The van der Waals surface area contributed by atoms with E-state index in [9.17, 15) is 4.39 Å². The van der Waals surface area contributed by atoms with Crippen molar-refractivity contribution in [3.05, 3.63) is 53.4 Å². The Labute approximate surface area is 125 Å². The highest BCUT2D eigenvalue weighted by atomic mass is 35.5. The normalized spacial score (nSPS) is 10.6. The molecule has 0 amide bonds. The zero-order chi connectivity index (χ0) is 14.8. The average molecular weight is 304 g/mol. The number of hydrogen-bond donors (Lipinski definition) is 1. The number of fused-ring (bicyclic) bond motifs is 1. The molecule has 0 atom stereocenters. The molecule has 0 saturated carbocycles. The number of benzene rings is 2. The minimum atomic E-state index is -0.406. The lowest BCUT2D eigenvalue weighted by Crippen LogP contribution is -2.00. The van der Waals surface area contributed by atoms with E-state index in [2.05, 4.69) is 15.5 Å². The van der Waals surface area contributed by atoms with Crippen molar-refractivity contribution in [2.45, 2.75) is 0 Å². The van der Waals surface area contributed by atoms with Gasteiger partial charge in [0.25, 0.3) is 0 Å². The molecule has 106 valence electrons. The van der Waals surface area contributed by atoms with Crippen molar-refractivity contribution in [3.63, 3.8) is 0 Å². The lowest BCUT2D eigenvalue weighted by molar-refractivity contribution is 0.414. The predicted molar refractivity (Wildman–Crippen MR) is 80.8 cm³/mol. The molecule has 3 aromatic rings. The van der Waals surface area contributed by atoms with Crippen molar-refractivity contribution in [1.82, 2.24) is 10.2 Å². The van der Waals surface area contributed by atoms with Crippen molar-refractivity contribution in [2.24, 2.45) is 0 Å². The zero-order valence-electron chi connectivity index (χ0n) is 11.1. The number of anilines is 2. The quantitative estimate of drug-likeness (QED) is 0.788. The first-order valence-electron chi connectivity index (χ1n) is 6.20. The molecule has 0 fully saturated rings. The summed E-state index contributed by atoms with van der Waals surface area (Å²) in [5, 5.41) is 12.6. The van der Waals surface area contributed by atoms with Gasteiger partial charge in [0, 0.05) is 16.8 Å². The van der Waals surface area contributed by atoms with Gasteiger partial charge in [0.2, 0.25) is 0 Å². The molecule has 3 rings (SSSR count). The van der Waals surface area contributed by atoms with Gasteiger partial charge in [-0.25, -0.2) is 4.39 Å². The van der Waals surface area contributed by atoms with Gasteiger partial charge in [0.05, 0.1) is 12.8 Å². The van der Waals surface area contributed by atoms with Crippen LogP contribution in [0.5, 0.6) is 5.75 Å². The lowest BCUT2D eigenvalue weighted by atomic mass is 10.2. The number of aromatic nitrogens is 2. The number of nitrogens with zero attached hydrogens (tertiary/aromatic N) is 2. The van der Waals surface area contributed by atoms with Gasteiger partial charge >= 0.3 is 0 Å². The second-order valence-corrected chi connectivity index (χ2v) is 4.71. The number of nitrogens with one attached hydrogen (secondary N) is 1. The van der Waals surface area contributed by atoms with Crippen LogP contribution in [0, 0.1) is 5.82 Å². The topological polar surface area (TPSA) is 47.0 Å². The van der Waals surface area contributed by atoms with Crippen molar-refractivity contribution in [2.75, 3.05) is 12.4 Å². The fourth-order valence-corrected chi connectivity index (χ4v) is 2.22. The summed E-state index contributed by atoms with van der Waals surface area (Å²) < 4.78 is 19.0. The monoisotopic (exact) mass is 303 g/mol. The Bertz CT molecular complexity index is 810. The molecular formula is C15H11ClFN3O. The van der Waals surface area contributed by atoms with Crippen molar-refractivity contribution in [1.29, 1.82) is 0 Å². The molecule has 4 nitrogen and oxygen atoms in total. The van der Waals surface area contributed by atoms with Gasteiger partial charge in [-0.3, -0.25) is 0 Å². The highest BCUT2D eigenvalue weighted by Gasteiger charge is 2.10. The van der Waals surface area contributed by atoms with Gasteiger partial charge in [-0.05, 0) is 12.1 Å². The number of hydrogen-bond acceptors (Lipinski definition) is 4. The maximum atomic E-state index is 13.9. The molecule has 0 unspecified atom stereocenters. The zero-order valence-corrected chi connectivity index (χ0v) is 11.9. The molecule has 0 spiro atoms. The summed E-state index contributed by atoms with van der Waals surface area (Å²) in [6.45, 7) is 0. The van der Waals surface area contributed by atoms with E-state index in [0.717, 1.165) is 10.8 Å². The summed E-state index contributed by atoms with van der Waals surface area (Å²) >= 11 is 6.02. The third kappa shape index (κ3) is 2.60. The Morgan fingerprint density at radius 3 is 2.62 bits per heavy atom. The highest BCUT2D eigenvalue weighted by Crippen LogP contribution is 2.30. The van der Waals surface area contributed by atoms with E-state index in [0.29, 0.717) is 16.7 Å². The summed E-state index contributed by atoms with van der Waals surface area (Å²) in [5.41, 5.74) is 0.260. The van der Waals surface area contributed by atoms with E-state index in [4.69, 9.17) is 16.3 Å². The summed E-state index contributed by atoms with van der Waals surface area (Å²) in [7, 11) is 1.52. The van der Waals surface area contributed by atoms with Crippen molar-refractivity contribution in [3.8, 4) is 5.75 Å². The van der Waals surface area contributed by atoms with Crippen LogP contribution in [0.2, 0.25) is 5.15 Å². The van der Waals surface area contributed by atoms with Gasteiger partial charge < -0.3 is 10.1 Å². The van der Waals surface area contributed by atoms with E-state index < -0.39 is 5.82 Å². The van der Waals surface area contributed by atoms with Crippen molar-refractivity contribution >= 4 is 33.9 Å². The van der Waals surface area contributed by atoms with E-state index in [1.165, 1.54) is 13.2 Å². The van der Waals surface area contributed by atoms with Gasteiger partial charge in [0.1, 0.15) is 11.6 Å². The largest absolute Gasteiger partial charge is 0.497 e. The molecule has 0 aliphatic rings. The second kappa shape index (κ2) is 5.54. The Morgan fingerprint density at radius 1 is 1.10 bits per heavy atom. The molecule has 1 heterocycles.